The molecule has 2 N–H and O–H groups in total. The molecule has 0 radical (unpaired) electrons. The fourth-order valence-electron chi connectivity index (χ4n) is 4.07. The molecular formula is C25H30N2O5S. The van der Waals surface area contributed by atoms with Crippen LogP contribution < -0.4 is 10.1 Å². The number of aromatic amines is 1. The van der Waals surface area contributed by atoms with Crippen LogP contribution in [0.4, 0.5) is 0 Å². The minimum absolute atomic E-state index is 0.0293. The molecule has 7 nitrogen and oxygen atoms in total. The normalized spacial score (nSPS) is 16.8. The quantitative estimate of drug-likeness (QED) is 0.494. The maximum atomic E-state index is 13.5. The summed E-state index contributed by atoms with van der Waals surface area (Å²) in [5, 5.41) is 3.67. The second-order valence-electron chi connectivity index (χ2n) is 9.26. The van der Waals surface area contributed by atoms with Crippen LogP contribution in [0.1, 0.15) is 50.4 Å². The van der Waals surface area contributed by atoms with Gasteiger partial charge < -0.3 is 19.8 Å². The molecule has 8 heteroatoms. The second kappa shape index (κ2) is 9.19. The Labute approximate surface area is 194 Å². The van der Waals surface area contributed by atoms with Crippen molar-refractivity contribution in [1.29, 1.82) is 0 Å². The summed E-state index contributed by atoms with van der Waals surface area (Å²) in [7, 11) is -4.00. The average molecular weight is 471 g/mol. The lowest BCUT2D eigenvalue weighted by molar-refractivity contribution is 0.00671. The van der Waals surface area contributed by atoms with E-state index in [0.29, 0.717) is 29.3 Å². The highest BCUT2D eigenvalue weighted by Gasteiger charge is 2.33. The third-order valence-corrected chi connectivity index (χ3v) is 7.30. The van der Waals surface area contributed by atoms with Crippen LogP contribution in [0.15, 0.2) is 58.5 Å². The van der Waals surface area contributed by atoms with Crippen molar-refractivity contribution in [2.45, 2.75) is 61.6 Å². The largest absolute Gasteiger partial charge is 0.493 e. The molecule has 33 heavy (non-hydrogen) atoms. The number of fused-ring (bicyclic) bond motifs is 1. The van der Waals surface area contributed by atoms with E-state index in [1.165, 1.54) is 12.1 Å². The lowest BCUT2D eigenvalue weighted by atomic mass is 10.1. The number of carbonyl (C=O) groups is 1. The van der Waals surface area contributed by atoms with E-state index in [4.69, 9.17) is 9.47 Å². The summed E-state index contributed by atoms with van der Waals surface area (Å²) in [6, 6.07) is 13.7. The van der Waals surface area contributed by atoms with Gasteiger partial charge in [0.15, 0.2) is 5.03 Å². The molecule has 0 bridgehead atoms. The van der Waals surface area contributed by atoms with Gasteiger partial charge in [0.05, 0.1) is 22.4 Å². The summed E-state index contributed by atoms with van der Waals surface area (Å²) in [5.41, 5.74) is -0.321. The van der Waals surface area contributed by atoms with Crippen molar-refractivity contribution >= 4 is 26.7 Å². The van der Waals surface area contributed by atoms with Crippen molar-refractivity contribution in [2.75, 3.05) is 13.2 Å². The molecule has 1 aromatic heterocycles. The third kappa shape index (κ3) is 5.07. The Hall–Kier alpha value is -2.84. The van der Waals surface area contributed by atoms with Gasteiger partial charge in [-0.15, -0.1) is 0 Å². The van der Waals surface area contributed by atoms with E-state index in [1.54, 1.807) is 57.2 Å². The van der Waals surface area contributed by atoms with Crippen molar-refractivity contribution < 1.29 is 22.7 Å². The number of ether oxygens (including phenoxy) is 2. The molecular weight excluding hydrogens is 440 g/mol. The number of H-pyrrole nitrogens is 1. The van der Waals surface area contributed by atoms with Crippen LogP contribution in [-0.2, 0) is 14.6 Å². The average Bonchev–Trinajstić information content (AvgIpc) is 3.41. The van der Waals surface area contributed by atoms with Crippen molar-refractivity contribution in [2.24, 2.45) is 0 Å². The Morgan fingerprint density at radius 3 is 2.52 bits per heavy atom. The van der Waals surface area contributed by atoms with E-state index in [0.717, 1.165) is 25.8 Å². The molecule has 0 aliphatic carbocycles. The first-order chi connectivity index (χ1) is 15.7. The van der Waals surface area contributed by atoms with Gasteiger partial charge >= 0.3 is 5.97 Å². The van der Waals surface area contributed by atoms with Crippen molar-refractivity contribution in [3.05, 3.63) is 54.1 Å². The molecule has 4 rings (SSSR count). The van der Waals surface area contributed by atoms with Crippen molar-refractivity contribution in [1.82, 2.24) is 10.3 Å². The van der Waals surface area contributed by atoms with Crippen molar-refractivity contribution in [3.8, 4) is 5.75 Å². The first kappa shape index (κ1) is 23.3. The lowest BCUT2D eigenvalue weighted by Gasteiger charge is -2.20. The Morgan fingerprint density at radius 2 is 1.85 bits per heavy atom. The van der Waals surface area contributed by atoms with Crippen LogP contribution in [-0.4, -0.2) is 44.2 Å². The molecule has 1 saturated heterocycles. The molecule has 0 saturated carbocycles. The summed E-state index contributed by atoms with van der Waals surface area (Å²) in [4.78, 5) is 16.4. The molecule has 1 unspecified atom stereocenters. The molecule has 0 amide bonds. The summed E-state index contributed by atoms with van der Waals surface area (Å²) in [6.45, 7) is 6.71. The number of hydrogen-bond donors (Lipinski definition) is 2. The smallest absolute Gasteiger partial charge is 0.342 e. The molecule has 1 atom stereocenters. The number of rotatable bonds is 7. The first-order valence-corrected chi connectivity index (χ1v) is 12.7. The predicted octanol–water partition coefficient (Wildman–Crippen LogP) is 4.48. The van der Waals surface area contributed by atoms with Crippen molar-refractivity contribution in [3.63, 3.8) is 0 Å². The standard InChI is InChI=1S/C25H30N2O5S/c1-25(2,3)32-24(28)22-21-19(27-23(22)33(29,30)18-10-5-4-6-11-18)12-7-13-20(21)31-16-14-17-9-8-15-26-17/h4-7,10-13,17,26-27H,8-9,14-16H2,1-3H3. The van der Waals surface area contributed by atoms with E-state index in [2.05, 4.69) is 10.3 Å². The third-order valence-electron chi connectivity index (χ3n) is 5.56. The first-order valence-electron chi connectivity index (χ1n) is 11.2. The fraction of sp³-hybridized carbons (Fsp3) is 0.400. The zero-order valence-corrected chi connectivity index (χ0v) is 20.0. The Bertz CT molecular complexity index is 1240. The van der Waals surface area contributed by atoms with E-state index < -0.39 is 21.4 Å². The number of sulfone groups is 1. The summed E-state index contributed by atoms with van der Waals surface area (Å²) >= 11 is 0. The topological polar surface area (TPSA) is 97.5 Å². The molecule has 1 aliphatic heterocycles. The number of benzene rings is 2. The number of nitrogens with one attached hydrogen (secondary N) is 2. The predicted molar refractivity (Wildman–Crippen MR) is 126 cm³/mol. The molecule has 0 spiro atoms. The summed E-state index contributed by atoms with van der Waals surface area (Å²) in [5.74, 6) is -0.256. The molecule has 2 aromatic carbocycles. The highest BCUT2D eigenvalue weighted by atomic mass is 32.2. The molecule has 1 aliphatic rings. The highest BCUT2D eigenvalue weighted by molar-refractivity contribution is 7.91. The Balaban J connectivity index is 1.80. The van der Waals surface area contributed by atoms with Crippen LogP contribution in [0, 0.1) is 0 Å². The number of esters is 1. The fourth-order valence-corrected chi connectivity index (χ4v) is 5.52. The van der Waals surface area contributed by atoms with Gasteiger partial charge in [-0.2, -0.15) is 0 Å². The zero-order chi connectivity index (χ0) is 23.6. The highest BCUT2D eigenvalue weighted by Crippen LogP contribution is 2.36. The van der Waals surface area contributed by atoms with Crippen LogP contribution in [0.2, 0.25) is 0 Å². The maximum Gasteiger partial charge on any atom is 0.342 e. The monoisotopic (exact) mass is 470 g/mol. The Morgan fingerprint density at radius 1 is 1.09 bits per heavy atom. The number of aromatic nitrogens is 1. The molecule has 1 fully saturated rings. The Kier molecular flexibility index (Phi) is 6.50. The zero-order valence-electron chi connectivity index (χ0n) is 19.2. The minimum Gasteiger partial charge on any atom is -0.493 e. The van der Waals surface area contributed by atoms with Gasteiger partial charge in [0.25, 0.3) is 0 Å². The van der Waals surface area contributed by atoms with E-state index in [-0.39, 0.29) is 15.5 Å². The second-order valence-corrected chi connectivity index (χ2v) is 11.1. The van der Waals surface area contributed by atoms with Gasteiger partial charge in [-0.1, -0.05) is 24.3 Å². The number of hydrogen-bond acceptors (Lipinski definition) is 6. The summed E-state index contributed by atoms with van der Waals surface area (Å²) in [6.07, 6.45) is 3.10. The molecule has 3 aromatic rings. The van der Waals surface area contributed by atoms with E-state index >= 15 is 0 Å². The maximum absolute atomic E-state index is 13.5. The molecule has 176 valence electrons. The van der Waals surface area contributed by atoms with Gasteiger partial charge in [-0.3, -0.25) is 0 Å². The van der Waals surface area contributed by atoms with Gasteiger partial charge in [0, 0.05) is 6.04 Å². The van der Waals surface area contributed by atoms with Crippen LogP contribution in [0.5, 0.6) is 5.75 Å². The SMILES string of the molecule is CC(C)(C)OC(=O)c1c(S(=O)(=O)c2ccccc2)[nH]c2cccc(OCCC3CCCN3)c12. The summed E-state index contributed by atoms with van der Waals surface area (Å²) < 4.78 is 38.7. The van der Waals surface area contributed by atoms with E-state index in [1.807, 2.05) is 0 Å². The van der Waals surface area contributed by atoms with Crippen LogP contribution in [0.25, 0.3) is 10.9 Å². The van der Waals surface area contributed by atoms with Crippen LogP contribution >= 0.6 is 0 Å². The van der Waals surface area contributed by atoms with Gasteiger partial charge in [-0.25, -0.2) is 13.2 Å². The van der Waals surface area contributed by atoms with E-state index in [9.17, 15) is 13.2 Å². The molecule has 2 heterocycles. The number of carbonyl (C=O) groups excluding carboxylic acids is 1. The minimum atomic E-state index is -4.00. The van der Waals surface area contributed by atoms with Gasteiger partial charge in [0.1, 0.15) is 16.9 Å². The van der Waals surface area contributed by atoms with Crippen LogP contribution in [0.3, 0.4) is 0 Å². The van der Waals surface area contributed by atoms with Gasteiger partial charge in [0.2, 0.25) is 9.84 Å². The lowest BCUT2D eigenvalue weighted by Crippen LogP contribution is -2.25. The van der Waals surface area contributed by atoms with Gasteiger partial charge in [-0.05, 0) is 70.8 Å².